The number of carboxylic acid groups (broad SMARTS) is 1. The third-order valence-corrected chi connectivity index (χ3v) is 4.05. The molecule has 6 heteroatoms. The monoisotopic (exact) mass is 350 g/mol. The molecule has 0 saturated heterocycles. The summed E-state index contributed by atoms with van der Waals surface area (Å²) in [4.78, 5) is 15.7. The van der Waals surface area contributed by atoms with Gasteiger partial charge >= 0.3 is 5.97 Å². The molecule has 1 aromatic carbocycles. The van der Waals surface area contributed by atoms with E-state index in [9.17, 15) is 9.90 Å². The quantitative estimate of drug-likeness (QED) is 0.733. The first kappa shape index (κ1) is 17.7. The highest BCUT2D eigenvalue weighted by Gasteiger charge is 2.21. The molecule has 0 amide bonds. The minimum absolute atomic E-state index is 0.141. The summed E-state index contributed by atoms with van der Waals surface area (Å²) in [6.07, 6.45) is 3.40. The SMILES string of the molecule is Cc1ccc(Nc2cc(C(C)(C)C)nn2-c2ccncc2)c(C(=O)O)c1. The molecule has 0 radical (unpaired) electrons. The Labute approximate surface area is 152 Å². The number of aromatic carboxylic acids is 1. The number of carbonyl (C=O) groups is 1. The van der Waals surface area contributed by atoms with Gasteiger partial charge in [0.25, 0.3) is 0 Å². The Balaban J connectivity index is 2.11. The average molecular weight is 350 g/mol. The summed E-state index contributed by atoms with van der Waals surface area (Å²) in [5.41, 5.74) is 3.26. The topological polar surface area (TPSA) is 80.0 Å². The van der Waals surface area contributed by atoms with E-state index in [1.807, 2.05) is 31.2 Å². The second-order valence-corrected chi connectivity index (χ2v) is 7.26. The number of aryl methyl sites for hydroxylation is 1. The maximum atomic E-state index is 11.6. The normalized spacial score (nSPS) is 11.4. The Morgan fingerprint density at radius 1 is 1.12 bits per heavy atom. The number of anilines is 2. The van der Waals surface area contributed by atoms with Crippen LogP contribution < -0.4 is 5.32 Å². The third-order valence-electron chi connectivity index (χ3n) is 4.05. The largest absolute Gasteiger partial charge is 0.478 e. The molecule has 0 saturated carbocycles. The first-order valence-electron chi connectivity index (χ1n) is 8.37. The minimum Gasteiger partial charge on any atom is -0.478 e. The van der Waals surface area contributed by atoms with E-state index in [0.29, 0.717) is 11.5 Å². The molecular weight excluding hydrogens is 328 g/mol. The molecule has 3 rings (SSSR count). The molecule has 3 aromatic rings. The van der Waals surface area contributed by atoms with E-state index in [1.165, 1.54) is 0 Å². The Morgan fingerprint density at radius 3 is 2.42 bits per heavy atom. The molecule has 2 heterocycles. The van der Waals surface area contributed by atoms with Gasteiger partial charge in [0.2, 0.25) is 0 Å². The van der Waals surface area contributed by atoms with Gasteiger partial charge in [0, 0.05) is 23.9 Å². The van der Waals surface area contributed by atoms with Crippen molar-refractivity contribution < 1.29 is 9.90 Å². The zero-order valence-electron chi connectivity index (χ0n) is 15.3. The smallest absolute Gasteiger partial charge is 0.337 e. The molecular formula is C20H22N4O2. The number of nitrogens with zero attached hydrogens (tertiary/aromatic N) is 3. The van der Waals surface area contributed by atoms with Crippen LogP contribution in [0.15, 0.2) is 48.8 Å². The number of benzene rings is 1. The fraction of sp³-hybridized carbons (Fsp3) is 0.250. The molecule has 26 heavy (non-hydrogen) atoms. The number of pyridine rings is 1. The Kier molecular flexibility index (Phi) is 4.50. The maximum Gasteiger partial charge on any atom is 0.337 e. The molecule has 0 spiro atoms. The Morgan fingerprint density at radius 2 is 1.81 bits per heavy atom. The van der Waals surface area contributed by atoms with Crippen LogP contribution in [-0.4, -0.2) is 25.8 Å². The van der Waals surface area contributed by atoms with Gasteiger partial charge in [-0.05, 0) is 31.2 Å². The molecule has 0 fully saturated rings. The van der Waals surface area contributed by atoms with Crippen LogP contribution in [0.5, 0.6) is 0 Å². The lowest BCUT2D eigenvalue weighted by Crippen LogP contribution is -2.12. The van der Waals surface area contributed by atoms with E-state index >= 15 is 0 Å². The maximum absolute atomic E-state index is 11.6. The van der Waals surface area contributed by atoms with Crippen molar-refractivity contribution in [3.8, 4) is 5.69 Å². The van der Waals surface area contributed by atoms with Gasteiger partial charge in [0.05, 0.1) is 22.6 Å². The van der Waals surface area contributed by atoms with E-state index in [2.05, 4.69) is 31.1 Å². The average Bonchev–Trinajstić information content (AvgIpc) is 3.01. The highest BCUT2D eigenvalue weighted by atomic mass is 16.4. The van der Waals surface area contributed by atoms with Gasteiger partial charge in [-0.15, -0.1) is 0 Å². The van der Waals surface area contributed by atoms with Gasteiger partial charge in [-0.25, -0.2) is 9.48 Å². The molecule has 2 aromatic heterocycles. The zero-order chi connectivity index (χ0) is 18.9. The highest BCUT2D eigenvalue weighted by molar-refractivity contribution is 5.95. The molecule has 0 aliphatic heterocycles. The summed E-state index contributed by atoms with van der Waals surface area (Å²) in [5, 5.41) is 17.5. The molecule has 134 valence electrons. The first-order chi connectivity index (χ1) is 12.3. The summed E-state index contributed by atoms with van der Waals surface area (Å²) >= 11 is 0. The summed E-state index contributed by atoms with van der Waals surface area (Å²) in [6, 6.07) is 11.0. The lowest BCUT2D eigenvalue weighted by Gasteiger charge is -2.14. The van der Waals surface area contributed by atoms with Crippen LogP contribution in [0, 0.1) is 6.92 Å². The van der Waals surface area contributed by atoms with Gasteiger partial charge < -0.3 is 10.4 Å². The molecule has 6 nitrogen and oxygen atoms in total. The highest BCUT2D eigenvalue weighted by Crippen LogP contribution is 2.29. The van der Waals surface area contributed by atoms with E-state index in [-0.39, 0.29) is 11.0 Å². The fourth-order valence-electron chi connectivity index (χ4n) is 2.60. The molecule has 0 atom stereocenters. The number of nitrogens with one attached hydrogen (secondary N) is 1. The zero-order valence-corrected chi connectivity index (χ0v) is 15.3. The van der Waals surface area contributed by atoms with E-state index in [4.69, 9.17) is 5.10 Å². The van der Waals surface area contributed by atoms with E-state index in [0.717, 1.165) is 16.9 Å². The van der Waals surface area contributed by atoms with Crippen LogP contribution in [-0.2, 0) is 5.41 Å². The van der Waals surface area contributed by atoms with Crippen LogP contribution in [0.2, 0.25) is 0 Å². The van der Waals surface area contributed by atoms with Crippen LogP contribution in [0.3, 0.4) is 0 Å². The van der Waals surface area contributed by atoms with Crippen molar-refractivity contribution >= 4 is 17.5 Å². The summed E-state index contributed by atoms with van der Waals surface area (Å²) in [5.74, 6) is -0.269. The van der Waals surface area contributed by atoms with Crippen LogP contribution >= 0.6 is 0 Å². The number of carboxylic acids is 1. The van der Waals surface area contributed by atoms with Gasteiger partial charge in [-0.1, -0.05) is 32.4 Å². The molecule has 0 aliphatic carbocycles. The second-order valence-electron chi connectivity index (χ2n) is 7.26. The van der Waals surface area contributed by atoms with E-state index in [1.54, 1.807) is 29.2 Å². The number of aromatic nitrogens is 3. The van der Waals surface area contributed by atoms with Crippen molar-refractivity contribution in [2.45, 2.75) is 33.1 Å². The Bertz CT molecular complexity index is 940. The standard InChI is InChI=1S/C20H22N4O2/c1-13-5-6-16(15(11-13)19(25)26)22-18-12-17(20(2,3)4)23-24(18)14-7-9-21-10-8-14/h5-12,22H,1-4H3,(H,25,26). The third kappa shape index (κ3) is 3.59. The predicted molar refractivity (Wildman–Crippen MR) is 101 cm³/mol. The summed E-state index contributed by atoms with van der Waals surface area (Å²) in [6.45, 7) is 8.13. The van der Waals surface area contributed by atoms with E-state index < -0.39 is 5.97 Å². The summed E-state index contributed by atoms with van der Waals surface area (Å²) < 4.78 is 1.77. The first-order valence-corrected chi connectivity index (χ1v) is 8.37. The summed E-state index contributed by atoms with van der Waals surface area (Å²) in [7, 11) is 0. The number of hydrogen-bond donors (Lipinski definition) is 2. The van der Waals surface area contributed by atoms with Gasteiger partial charge in [-0.2, -0.15) is 5.10 Å². The molecule has 0 aliphatic rings. The van der Waals surface area contributed by atoms with Crippen molar-refractivity contribution in [3.05, 3.63) is 65.6 Å². The minimum atomic E-state index is -0.970. The van der Waals surface area contributed by atoms with Crippen molar-refractivity contribution in [3.63, 3.8) is 0 Å². The Hall–Kier alpha value is -3.15. The molecule has 0 unspecified atom stereocenters. The number of rotatable bonds is 4. The van der Waals surface area contributed by atoms with Gasteiger partial charge in [-0.3, -0.25) is 4.98 Å². The van der Waals surface area contributed by atoms with Crippen molar-refractivity contribution in [2.24, 2.45) is 0 Å². The second kappa shape index (κ2) is 6.63. The van der Waals surface area contributed by atoms with Crippen molar-refractivity contribution in [1.82, 2.24) is 14.8 Å². The molecule has 2 N–H and O–H groups in total. The van der Waals surface area contributed by atoms with Crippen LogP contribution in [0.25, 0.3) is 5.69 Å². The van der Waals surface area contributed by atoms with Crippen LogP contribution in [0.4, 0.5) is 11.5 Å². The van der Waals surface area contributed by atoms with Gasteiger partial charge in [0.1, 0.15) is 5.82 Å². The number of hydrogen-bond acceptors (Lipinski definition) is 4. The lowest BCUT2D eigenvalue weighted by atomic mass is 9.92. The van der Waals surface area contributed by atoms with Gasteiger partial charge in [0.15, 0.2) is 0 Å². The van der Waals surface area contributed by atoms with Crippen LogP contribution in [0.1, 0.15) is 42.4 Å². The lowest BCUT2D eigenvalue weighted by molar-refractivity contribution is 0.0698. The fourth-order valence-corrected chi connectivity index (χ4v) is 2.60. The predicted octanol–water partition coefficient (Wildman–Crippen LogP) is 4.32. The van der Waals surface area contributed by atoms with Crippen molar-refractivity contribution in [2.75, 3.05) is 5.32 Å². The van der Waals surface area contributed by atoms with Crippen molar-refractivity contribution in [1.29, 1.82) is 0 Å². The molecule has 0 bridgehead atoms.